The van der Waals surface area contributed by atoms with Gasteiger partial charge in [-0.15, -0.1) is 0 Å². The van der Waals surface area contributed by atoms with Crippen LogP contribution in [0.4, 0.5) is 5.69 Å². The molecule has 3 nitrogen and oxygen atoms in total. The normalized spacial score (nSPS) is 10.3. The van der Waals surface area contributed by atoms with Crippen LogP contribution in [0.15, 0.2) is 39.5 Å². The van der Waals surface area contributed by atoms with Gasteiger partial charge in [0.15, 0.2) is 0 Å². The van der Waals surface area contributed by atoms with Crippen LogP contribution in [0.3, 0.4) is 0 Å². The predicted molar refractivity (Wildman–Crippen MR) is 62.7 cm³/mol. The fraction of sp³-hybridized carbons (Fsp3) is 0.182. The quantitative estimate of drug-likeness (QED) is 0.866. The molecule has 2 aromatic heterocycles. The molecule has 0 radical (unpaired) electrons. The van der Waals surface area contributed by atoms with E-state index in [9.17, 15) is 0 Å². The van der Waals surface area contributed by atoms with E-state index in [2.05, 4.69) is 26.2 Å². The summed E-state index contributed by atoms with van der Waals surface area (Å²) in [5.41, 5.74) is 1.99. The van der Waals surface area contributed by atoms with Crippen LogP contribution in [0.2, 0.25) is 0 Å². The first-order valence-corrected chi connectivity index (χ1v) is 5.44. The Morgan fingerprint density at radius 2 is 2.27 bits per heavy atom. The maximum atomic E-state index is 5.23. The van der Waals surface area contributed by atoms with E-state index in [1.165, 1.54) is 0 Å². The lowest BCUT2D eigenvalue weighted by atomic mass is 10.3. The van der Waals surface area contributed by atoms with E-state index in [4.69, 9.17) is 4.42 Å². The highest BCUT2D eigenvalue weighted by Crippen LogP contribution is 2.16. The number of rotatable bonds is 3. The topological polar surface area (TPSA) is 38.1 Å². The average Bonchev–Trinajstić information content (AvgIpc) is 2.69. The number of hydrogen-bond acceptors (Lipinski definition) is 3. The summed E-state index contributed by atoms with van der Waals surface area (Å²) in [5.74, 6) is 0.914. The van der Waals surface area contributed by atoms with Crippen molar-refractivity contribution in [2.75, 3.05) is 5.32 Å². The summed E-state index contributed by atoms with van der Waals surface area (Å²) in [7, 11) is 0. The van der Waals surface area contributed by atoms with E-state index < -0.39 is 0 Å². The number of aryl methyl sites for hydroxylation is 1. The Labute approximate surface area is 96.6 Å². The van der Waals surface area contributed by atoms with Crippen molar-refractivity contribution in [2.24, 2.45) is 0 Å². The lowest BCUT2D eigenvalue weighted by Gasteiger charge is -2.07. The molecule has 0 saturated carbocycles. The van der Waals surface area contributed by atoms with Gasteiger partial charge in [-0.05, 0) is 47.1 Å². The number of furan rings is 1. The molecule has 15 heavy (non-hydrogen) atoms. The maximum Gasteiger partial charge on any atom is 0.122 e. The molecule has 2 aromatic rings. The van der Waals surface area contributed by atoms with Crippen LogP contribution in [-0.2, 0) is 6.54 Å². The highest BCUT2D eigenvalue weighted by molar-refractivity contribution is 9.10. The molecule has 0 saturated heterocycles. The van der Waals surface area contributed by atoms with Crippen molar-refractivity contribution in [1.29, 1.82) is 0 Å². The van der Waals surface area contributed by atoms with Gasteiger partial charge in [0.25, 0.3) is 0 Å². The molecule has 0 aliphatic heterocycles. The molecule has 0 aliphatic rings. The standard InChI is InChI=1S/C11H11BrN2O/c1-8-10(4-5-11(12)14-8)13-7-9-3-2-6-15-9/h2-6,13H,7H2,1H3. The van der Waals surface area contributed by atoms with E-state index in [1.807, 2.05) is 31.2 Å². The van der Waals surface area contributed by atoms with Gasteiger partial charge in [0, 0.05) is 0 Å². The minimum absolute atomic E-state index is 0.678. The summed E-state index contributed by atoms with van der Waals surface area (Å²) in [6.45, 7) is 2.65. The van der Waals surface area contributed by atoms with Gasteiger partial charge < -0.3 is 9.73 Å². The van der Waals surface area contributed by atoms with E-state index in [-0.39, 0.29) is 0 Å². The largest absolute Gasteiger partial charge is 0.467 e. The molecule has 0 aromatic carbocycles. The van der Waals surface area contributed by atoms with E-state index >= 15 is 0 Å². The van der Waals surface area contributed by atoms with Crippen LogP contribution >= 0.6 is 15.9 Å². The van der Waals surface area contributed by atoms with Crippen LogP contribution < -0.4 is 5.32 Å². The Morgan fingerprint density at radius 3 is 2.93 bits per heavy atom. The van der Waals surface area contributed by atoms with Gasteiger partial charge >= 0.3 is 0 Å². The maximum absolute atomic E-state index is 5.23. The van der Waals surface area contributed by atoms with Crippen molar-refractivity contribution in [2.45, 2.75) is 13.5 Å². The van der Waals surface area contributed by atoms with Crippen molar-refractivity contribution in [1.82, 2.24) is 4.98 Å². The minimum Gasteiger partial charge on any atom is -0.467 e. The molecule has 78 valence electrons. The molecular weight excluding hydrogens is 256 g/mol. The van der Waals surface area contributed by atoms with Crippen molar-refractivity contribution in [3.8, 4) is 0 Å². The lowest BCUT2D eigenvalue weighted by molar-refractivity contribution is 0.518. The molecule has 0 atom stereocenters. The molecule has 1 N–H and O–H groups in total. The first-order valence-electron chi connectivity index (χ1n) is 4.65. The number of pyridine rings is 1. The third kappa shape index (κ3) is 2.59. The van der Waals surface area contributed by atoms with E-state index in [0.717, 1.165) is 21.7 Å². The van der Waals surface area contributed by atoms with Crippen LogP contribution in [0, 0.1) is 6.92 Å². The van der Waals surface area contributed by atoms with Crippen molar-refractivity contribution < 1.29 is 4.42 Å². The molecule has 0 bridgehead atoms. The number of hydrogen-bond donors (Lipinski definition) is 1. The van der Waals surface area contributed by atoms with Crippen molar-refractivity contribution in [3.63, 3.8) is 0 Å². The lowest BCUT2D eigenvalue weighted by Crippen LogP contribution is -2.01. The second-order valence-corrected chi connectivity index (χ2v) is 4.01. The average molecular weight is 267 g/mol. The van der Waals surface area contributed by atoms with E-state index in [0.29, 0.717) is 6.54 Å². The van der Waals surface area contributed by atoms with Crippen LogP contribution in [0.25, 0.3) is 0 Å². The van der Waals surface area contributed by atoms with Crippen LogP contribution in [-0.4, -0.2) is 4.98 Å². The summed E-state index contributed by atoms with van der Waals surface area (Å²) in [6.07, 6.45) is 1.67. The summed E-state index contributed by atoms with van der Waals surface area (Å²) in [6, 6.07) is 7.73. The summed E-state index contributed by atoms with van der Waals surface area (Å²) >= 11 is 3.33. The Balaban J connectivity index is 2.05. The summed E-state index contributed by atoms with van der Waals surface area (Å²) in [4.78, 5) is 4.30. The number of halogens is 1. The molecule has 0 unspecified atom stereocenters. The zero-order valence-electron chi connectivity index (χ0n) is 8.33. The molecule has 0 fully saturated rings. The molecular formula is C11H11BrN2O. The van der Waals surface area contributed by atoms with Gasteiger partial charge in [0.1, 0.15) is 10.4 Å². The number of nitrogens with one attached hydrogen (secondary N) is 1. The molecule has 4 heteroatoms. The fourth-order valence-corrected chi connectivity index (χ4v) is 1.71. The van der Waals surface area contributed by atoms with Crippen LogP contribution in [0.5, 0.6) is 0 Å². The minimum atomic E-state index is 0.678. The zero-order chi connectivity index (χ0) is 10.7. The summed E-state index contributed by atoms with van der Waals surface area (Å²) < 4.78 is 6.08. The predicted octanol–water partition coefficient (Wildman–Crippen LogP) is 3.36. The van der Waals surface area contributed by atoms with E-state index in [1.54, 1.807) is 6.26 Å². The smallest absolute Gasteiger partial charge is 0.122 e. The van der Waals surface area contributed by atoms with Gasteiger partial charge in [-0.3, -0.25) is 0 Å². The fourth-order valence-electron chi connectivity index (χ4n) is 1.31. The summed E-state index contributed by atoms with van der Waals surface area (Å²) in [5, 5.41) is 3.27. The van der Waals surface area contributed by atoms with Gasteiger partial charge in [0.05, 0.1) is 24.2 Å². The number of anilines is 1. The zero-order valence-corrected chi connectivity index (χ0v) is 9.91. The highest BCUT2D eigenvalue weighted by Gasteiger charge is 2.01. The number of aromatic nitrogens is 1. The number of nitrogens with zero attached hydrogens (tertiary/aromatic N) is 1. The van der Waals surface area contributed by atoms with Gasteiger partial charge in [-0.25, -0.2) is 4.98 Å². The molecule has 0 spiro atoms. The van der Waals surface area contributed by atoms with Crippen LogP contribution in [0.1, 0.15) is 11.5 Å². The Hall–Kier alpha value is -1.29. The Bertz CT molecular complexity index is 440. The van der Waals surface area contributed by atoms with Gasteiger partial charge in [0.2, 0.25) is 0 Å². The third-order valence-electron chi connectivity index (χ3n) is 2.09. The third-order valence-corrected chi connectivity index (χ3v) is 2.53. The van der Waals surface area contributed by atoms with Crippen molar-refractivity contribution in [3.05, 3.63) is 46.6 Å². The van der Waals surface area contributed by atoms with Crippen molar-refractivity contribution >= 4 is 21.6 Å². The molecule has 0 amide bonds. The second-order valence-electron chi connectivity index (χ2n) is 3.20. The first kappa shape index (κ1) is 10.2. The Kier molecular flexibility index (Phi) is 3.06. The second kappa shape index (κ2) is 4.49. The van der Waals surface area contributed by atoms with Gasteiger partial charge in [-0.1, -0.05) is 0 Å². The monoisotopic (exact) mass is 266 g/mol. The molecule has 2 rings (SSSR count). The molecule has 2 heterocycles. The first-order chi connectivity index (χ1) is 7.25. The Morgan fingerprint density at radius 1 is 1.40 bits per heavy atom. The molecule has 0 aliphatic carbocycles. The van der Waals surface area contributed by atoms with Gasteiger partial charge in [-0.2, -0.15) is 0 Å². The SMILES string of the molecule is Cc1nc(Br)ccc1NCc1ccco1. The highest BCUT2D eigenvalue weighted by atomic mass is 79.9.